The molecule has 0 radical (unpaired) electrons. The first-order chi connectivity index (χ1) is 11.8. The predicted molar refractivity (Wildman–Crippen MR) is 114 cm³/mol. The summed E-state index contributed by atoms with van der Waals surface area (Å²) < 4.78 is 1.08. The van der Waals surface area contributed by atoms with Gasteiger partial charge in [0.05, 0.1) is 0 Å². The summed E-state index contributed by atoms with van der Waals surface area (Å²) in [7, 11) is 0. The van der Waals surface area contributed by atoms with E-state index in [1.54, 1.807) is 0 Å². The van der Waals surface area contributed by atoms with Crippen molar-refractivity contribution < 1.29 is 9.90 Å². The summed E-state index contributed by atoms with van der Waals surface area (Å²) in [6, 6.07) is 0. The van der Waals surface area contributed by atoms with Crippen molar-refractivity contribution in [3.63, 3.8) is 0 Å². The second-order valence-electron chi connectivity index (χ2n) is 5.09. The Balaban J connectivity index is 3.51. The van der Waals surface area contributed by atoms with E-state index in [2.05, 4.69) is 83.4 Å². The largest absolute Gasteiger partial charge is 0.481 e. The van der Waals surface area contributed by atoms with Gasteiger partial charge in [-0.05, 0) is 38.5 Å². The maximum Gasteiger partial charge on any atom is 0.303 e. The fourth-order valence-corrected chi connectivity index (χ4v) is 2.10. The zero-order valence-corrected chi connectivity index (χ0v) is 16.5. The average molecular weight is 440 g/mol. The molecular weight excluding hydrogens is 411 g/mol. The van der Waals surface area contributed by atoms with Crippen LogP contribution in [0.5, 0.6) is 0 Å². The second-order valence-corrected chi connectivity index (χ2v) is 5.97. The van der Waals surface area contributed by atoms with Gasteiger partial charge in [-0.2, -0.15) is 0 Å². The Bertz CT molecular complexity index is 468. The minimum Gasteiger partial charge on any atom is -0.481 e. The van der Waals surface area contributed by atoms with E-state index < -0.39 is 5.97 Å². The highest BCUT2D eigenvalue weighted by Gasteiger charge is 1.90. The monoisotopic (exact) mass is 440 g/mol. The molecule has 0 unspecified atom stereocenters. The second kappa shape index (κ2) is 19.7. The Morgan fingerprint density at radius 1 is 0.625 bits per heavy atom. The number of aliphatic carboxylic acids is 1. The van der Waals surface area contributed by atoms with Crippen molar-refractivity contribution in [1.82, 2.24) is 0 Å². The van der Waals surface area contributed by atoms with Gasteiger partial charge in [0, 0.05) is 10.8 Å². The lowest BCUT2D eigenvalue weighted by molar-refractivity contribution is -0.136. The first kappa shape index (κ1) is 22.6. The molecule has 0 heterocycles. The van der Waals surface area contributed by atoms with Crippen LogP contribution in [-0.2, 0) is 4.79 Å². The quantitative estimate of drug-likeness (QED) is 0.188. The van der Waals surface area contributed by atoms with Gasteiger partial charge in [-0.25, -0.2) is 0 Å². The van der Waals surface area contributed by atoms with Crippen LogP contribution in [0.1, 0.15) is 44.9 Å². The zero-order chi connectivity index (χ0) is 17.7. The van der Waals surface area contributed by atoms with Crippen LogP contribution >= 0.6 is 22.6 Å². The number of carboxylic acids is 1. The van der Waals surface area contributed by atoms with Crippen LogP contribution in [0.15, 0.2) is 72.9 Å². The van der Waals surface area contributed by atoms with Crippen LogP contribution in [0, 0.1) is 0 Å². The van der Waals surface area contributed by atoms with E-state index in [0.29, 0.717) is 6.42 Å². The standard InChI is InChI=1S/C21H29IO2/c22-20-18-16-14-12-10-8-6-4-2-1-3-5-7-9-11-13-15-17-19-21(23)24/h1,3-4,6-7,9-10,12-13,15-16,18H,2,5,8,11,14,17,19-20H2,(H,23,24)/b3-1-,6-4-,9-7-,12-10-,15-13-,18-16-. The van der Waals surface area contributed by atoms with Gasteiger partial charge in [0.25, 0.3) is 0 Å². The summed E-state index contributed by atoms with van der Waals surface area (Å²) >= 11 is 2.34. The smallest absolute Gasteiger partial charge is 0.303 e. The lowest BCUT2D eigenvalue weighted by Gasteiger charge is -1.87. The topological polar surface area (TPSA) is 37.3 Å². The van der Waals surface area contributed by atoms with Gasteiger partial charge in [0.15, 0.2) is 0 Å². The number of rotatable bonds is 14. The molecule has 0 saturated carbocycles. The van der Waals surface area contributed by atoms with Gasteiger partial charge in [0.1, 0.15) is 0 Å². The molecule has 1 N–H and O–H groups in total. The van der Waals surface area contributed by atoms with Crippen LogP contribution in [0.2, 0.25) is 0 Å². The van der Waals surface area contributed by atoms with Crippen molar-refractivity contribution in [3.05, 3.63) is 72.9 Å². The molecule has 0 saturated heterocycles. The fraction of sp³-hybridized carbons (Fsp3) is 0.381. The third kappa shape index (κ3) is 20.6. The molecule has 0 atom stereocenters. The molecule has 0 amide bonds. The van der Waals surface area contributed by atoms with Gasteiger partial charge >= 0.3 is 5.97 Å². The maximum atomic E-state index is 10.3. The Morgan fingerprint density at radius 2 is 0.958 bits per heavy atom. The predicted octanol–water partition coefficient (Wildman–Crippen LogP) is 6.57. The number of halogens is 1. The number of allylic oxidation sites excluding steroid dienone is 12. The number of alkyl halides is 1. The fourth-order valence-electron chi connectivity index (χ4n) is 1.74. The highest BCUT2D eigenvalue weighted by atomic mass is 127. The van der Waals surface area contributed by atoms with E-state index in [9.17, 15) is 4.79 Å². The number of hydrogen-bond acceptors (Lipinski definition) is 1. The van der Waals surface area contributed by atoms with Gasteiger partial charge < -0.3 is 5.11 Å². The summed E-state index contributed by atoms with van der Waals surface area (Å²) in [6.45, 7) is 0. The van der Waals surface area contributed by atoms with E-state index in [0.717, 1.165) is 36.5 Å². The third-order valence-corrected chi connectivity index (χ3v) is 3.48. The molecule has 2 nitrogen and oxygen atoms in total. The van der Waals surface area contributed by atoms with Crippen molar-refractivity contribution >= 4 is 28.6 Å². The molecule has 0 bridgehead atoms. The number of hydrogen-bond donors (Lipinski definition) is 1. The number of carboxylic acid groups (broad SMARTS) is 1. The molecule has 0 aliphatic heterocycles. The molecule has 0 aromatic heterocycles. The van der Waals surface area contributed by atoms with E-state index in [-0.39, 0.29) is 6.42 Å². The van der Waals surface area contributed by atoms with Gasteiger partial charge in [-0.15, -0.1) is 0 Å². The molecule has 132 valence electrons. The molecule has 0 aliphatic carbocycles. The molecule has 0 fully saturated rings. The van der Waals surface area contributed by atoms with Crippen LogP contribution in [0.25, 0.3) is 0 Å². The molecule has 0 aromatic rings. The van der Waals surface area contributed by atoms with E-state index in [4.69, 9.17) is 5.11 Å². The molecular formula is C21H29IO2. The normalized spacial score (nSPS) is 13.0. The van der Waals surface area contributed by atoms with Gasteiger partial charge in [-0.3, -0.25) is 4.79 Å². The Labute approximate surface area is 160 Å². The van der Waals surface area contributed by atoms with Crippen LogP contribution in [0.3, 0.4) is 0 Å². The number of carbonyl (C=O) groups is 1. The lowest BCUT2D eigenvalue weighted by Crippen LogP contribution is -1.91. The zero-order valence-electron chi connectivity index (χ0n) is 14.3. The summed E-state index contributed by atoms with van der Waals surface area (Å²) in [4.78, 5) is 10.3. The first-order valence-electron chi connectivity index (χ1n) is 8.45. The highest BCUT2D eigenvalue weighted by Crippen LogP contribution is 1.97. The third-order valence-electron chi connectivity index (χ3n) is 2.97. The minimum atomic E-state index is -0.741. The van der Waals surface area contributed by atoms with Crippen molar-refractivity contribution in [2.45, 2.75) is 44.9 Å². The SMILES string of the molecule is O=C(O)CC/C=C\C/C=C\C/C=C\C/C=C\C/C=C\C/C=C\CI. The average Bonchev–Trinajstić information content (AvgIpc) is 2.56. The molecule has 0 aromatic carbocycles. The molecule has 0 spiro atoms. The molecule has 3 heteroatoms. The van der Waals surface area contributed by atoms with Crippen LogP contribution < -0.4 is 0 Å². The van der Waals surface area contributed by atoms with Gasteiger partial charge in [-0.1, -0.05) is 95.5 Å². The Kier molecular flexibility index (Phi) is 18.6. The maximum absolute atomic E-state index is 10.3. The Morgan fingerprint density at radius 3 is 1.29 bits per heavy atom. The Hall–Kier alpha value is -1.36. The van der Waals surface area contributed by atoms with Crippen molar-refractivity contribution in [2.24, 2.45) is 0 Å². The molecule has 24 heavy (non-hydrogen) atoms. The lowest BCUT2D eigenvalue weighted by atomic mass is 10.2. The van der Waals surface area contributed by atoms with Crippen LogP contribution in [-0.4, -0.2) is 15.5 Å². The first-order valence-corrected chi connectivity index (χ1v) is 9.97. The van der Waals surface area contributed by atoms with E-state index >= 15 is 0 Å². The van der Waals surface area contributed by atoms with Crippen molar-refractivity contribution in [1.29, 1.82) is 0 Å². The molecule has 0 rings (SSSR count). The summed E-state index contributed by atoms with van der Waals surface area (Å²) in [6.07, 6.45) is 31.3. The highest BCUT2D eigenvalue weighted by molar-refractivity contribution is 14.1. The summed E-state index contributed by atoms with van der Waals surface area (Å²) in [5, 5.41) is 8.49. The minimum absolute atomic E-state index is 0.210. The summed E-state index contributed by atoms with van der Waals surface area (Å²) in [5.74, 6) is -0.741. The van der Waals surface area contributed by atoms with E-state index in [1.165, 1.54) is 0 Å². The summed E-state index contributed by atoms with van der Waals surface area (Å²) in [5.41, 5.74) is 0. The van der Waals surface area contributed by atoms with Crippen molar-refractivity contribution in [3.8, 4) is 0 Å². The molecule has 0 aliphatic rings. The van der Waals surface area contributed by atoms with Crippen molar-refractivity contribution in [2.75, 3.05) is 4.43 Å². The van der Waals surface area contributed by atoms with Gasteiger partial charge in [0.2, 0.25) is 0 Å². The van der Waals surface area contributed by atoms with E-state index in [1.807, 2.05) is 12.2 Å². The van der Waals surface area contributed by atoms with Crippen LogP contribution in [0.4, 0.5) is 0 Å².